The van der Waals surface area contributed by atoms with Crippen LogP contribution < -0.4 is 15.0 Å². The van der Waals surface area contributed by atoms with Gasteiger partial charge in [-0.1, -0.05) is 17.8 Å². The van der Waals surface area contributed by atoms with Crippen LogP contribution in [0.2, 0.25) is 0 Å². The first-order valence-corrected chi connectivity index (χ1v) is 10.4. The Hall–Kier alpha value is -3.92. The molecule has 0 aliphatic carbocycles. The zero-order valence-corrected chi connectivity index (χ0v) is 17.0. The Bertz CT molecular complexity index is 1460. The van der Waals surface area contributed by atoms with Crippen LogP contribution in [0.1, 0.15) is 5.56 Å². The van der Waals surface area contributed by atoms with Crippen LogP contribution in [0.25, 0.3) is 22.7 Å². The minimum atomic E-state index is -3.95. The molecule has 0 atom stereocenters. The lowest BCUT2D eigenvalue weighted by molar-refractivity contribution is 0.411. The summed E-state index contributed by atoms with van der Waals surface area (Å²) in [6, 6.07) is 10.9. The van der Waals surface area contributed by atoms with Gasteiger partial charge < -0.3 is 9.26 Å². The first-order chi connectivity index (χ1) is 14.8. The Morgan fingerprint density at radius 1 is 1.19 bits per heavy atom. The number of ether oxygens (including phenoxy) is 1. The second-order valence-corrected chi connectivity index (χ2v) is 8.15. The van der Waals surface area contributed by atoms with Gasteiger partial charge in [-0.05, 0) is 30.3 Å². The molecule has 0 aliphatic rings. The van der Waals surface area contributed by atoms with Crippen LogP contribution in [0.3, 0.4) is 0 Å². The van der Waals surface area contributed by atoms with Gasteiger partial charge in [-0.15, -0.1) is 0 Å². The van der Waals surface area contributed by atoms with E-state index in [1.807, 2.05) is 0 Å². The monoisotopic (exact) mass is 441 g/mol. The van der Waals surface area contributed by atoms with E-state index in [9.17, 15) is 17.6 Å². The summed E-state index contributed by atoms with van der Waals surface area (Å²) in [4.78, 5) is 12.6. The highest BCUT2D eigenvalue weighted by molar-refractivity contribution is 7.92. The van der Waals surface area contributed by atoms with Crippen molar-refractivity contribution in [2.24, 2.45) is 0 Å². The van der Waals surface area contributed by atoms with Gasteiger partial charge in [0.05, 0.1) is 23.2 Å². The van der Waals surface area contributed by atoms with Gasteiger partial charge in [-0.3, -0.25) is 14.1 Å². The van der Waals surface area contributed by atoms with Crippen molar-refractivity contribution >= 4 is 32.8 Å². The summed E-state index contributed by atoms with van der Waals surface area (Å²) in [7, 11) is -2.54. The van der Waals surface area contributed by atoms with Crippen LogP contribution in [0.5, 0.6) is 5.75 Å². The smallest absolute Gasteiger partial charge is 0.263 e. The molecule has 2 heterocycles. The number of anilines is 1. The van der Waals surface area contributed by atoms with Gasteiger partial charge in [-0.25, -0.2) is 12.8 Å². The second-order valence-electron chi connectivity index (χ2n) is 6.47. The van der Waals surface area contributed by atoms with Crippen LogP contribution in [0.15, 0.2) is 75.6 Å². The molecular weight excluding hydrogens is 425 g/mol. The van der Waals surface area contributed by atoms with Gasteiger partial charge in [0.1, 0.15) is 17.8 Å². The molecule has 10 heteroatoms. The van der Waals surface area contributed by atoms with Crippen molar-refractivity contribution in [3.8, 4) is 11.4 Å². The summed E-state index contributed by atoms with van der Waals surface area (Å²) in [6.45, 7) is 3.56. The number of benzene rings is 2. The minimum absolute atomic E-state index is 0.0348. The SMILES string of the molecule is C=Cc1cc(OC)c(-n2c(=O)ccc3cc(S(=O)(=O)Nc4ccon4)ccc32)cc1F. The van der Waals surface area contributed by atoms with Crippen LogP contribution in [-0.4, -0.2) is 25.3 Å². The third-order valence-electron chi connectivity index (χ3n) is 4.61. The fourth-order valence-electron chi connectivity index (χ4n) is 3.15. The Morgan fingerprint density at radius 3 is 2.68 bits per heavy atom. The maximum absolute atomic E-state index is 14.4. The highest BCUT2D eigenvalue weighted by Crippen LogP contribution is 2.29. The quantitative estimate of drug-likeness (QED) is 0.491. The van der Waals surface area contributed by atoms with E-state index in [1.165, 1.54) is 72.5 Å². The molecule has 8 nitrogen and oxygen atoms in total. The molecule has 0 saturated carbocycles. The molecule has 158 valence electrons. The van der Waals surface area contributed by atoms with Crippen LogP contribution in [-0.2, 0) is 10.0 Å². The molecule has 4 rings (SSSR count). The maximum atomic E-state index is 14.4. The van der Waals surface area contributed by atoms with Gasteiger partial charge in [0, 0.05) is 29.1 Å². The first kappa shape index (κ1) is 20.4. The van der Waals surface area contributed by atoms with E-state index in [2.05, 4.69) is 21.0 Å². The lowest BCUT2D eigenvalue weighted by atomic mass is 10.1. The molecule has 2 aromatic heterocycles. The van der Waals surface area contributed by atoms with Crippen molar-refractivity contribution in [3.63, 3.8) is 0 Å². The number of aromatic nitrogens is 2. The molecule has 0 radical (unpaired) electrons. The average Bonchev–Trinajstić information content (AvgIpc) is 3.25. The second kappa shape index (κ2) is 7.73. The zero-order chi connectivity index (χ0) is 22.2. The molecule has 0 aliphatic heterocycles. The molecule has 31 heavy (non-hydrogen) atoms. The summed E-state index contributed by atoms with van der Waals surface area (Å²) >= 11 is 0. The molecule has 0 unspecified atom stereocenters. The predicted molar refractivity (Wildman–Crippen MR) is 113 cm³/mol. The normalized spacial score (nSPS) is 11.4. The van der Waals surface area contributed by atoms with E-state index in [1.54, 1.807) is 0 Å². The van der Waals surface area contributed by atoms with Gasteiger partial charge >= 0.3 is 0 Å². The number of nitrogens with zero attached hydrogens (tertiary/aromatic N) is 2. The van der Waals surface area contributed by atoms with Crippen molar-refractivity contribution < 1.29 is 22.1 Å². The van der Waals surface area contributed by atoms with Crippen molar-refractivity contribution in [2.45, 2.75) is 4.90 Å². The molecule has 0 spiro atoms. The molecular formula is C21H16FN3O5S. The van der Waals surface area contributed by atoms with Gasteiger partial charge in [-0.2, -0.15) is 0 Å². The number of rotatable bonds is 6. The number of pyridine rings is 1. The van der Waals surface area contributed by atoms with Crippen molar-refractivity contribution in [2.75, 3.05) is 11.8 Å². The number of sulfonamides is 1. The van der Waals surface area contributed by atoms with Crippen molar-refractivity contribution in [1.29, 1.82) is 0 Å². The number of hydrogen-bond acceptors (Lipinski definition) is 6. The predicted octanol–water partition coefficient (Wildman–Crippen LogP) is 3.57. The third kappa shape index (κ3) is 3.68. The number of nitrogens with one attached hydrogen (secondary N) is 1. The summed E-state index contributed by atoms with van der Waals surface area (Å²) in [6.07, 6.45) is 2.58. The van der Waals surface area contributed by atoms with E-state index in [0.717, 1.165) is 0 Å². The Kier molecular flexibility index (Phi) is 5.07. The van der Waals surface area contributed by atoms with E-state index in [0.29, 0.717) is 10.9 Å². The maximum Gasteiger partial charge on any atom is 0.263 e. The fourth-order valence-corrected chi connectivity index (χ4v) is 4.18. The lowest BCUT2D eigenvalue weighted by Crippen LogP contribution is -2.19. The Balaban J connectivity index is 1.89. The summed E-state index contributed by atoms with van der Waals surface area (Å²) in [5, 5.41) is 3.97. The summed E-state index contributed by atoms with van der Waals surface area (Å²) in [5.74, 6) is -0.284. The minimum Gasteiger partial charge on any atom is -0.495 e. The molecule has 1 N–H and O–H groups in total. The molecule has 0 saturated heterocycles. The molecule has 2 aromatic carbocycles. The van der Waals surface area contributed by atoms with E-state index >= 15 is 0 Å². The largest absolute Gasteiger partial charge is 0.495 e. The third-order valence-corrected chi connectivity index (χ3v) is 5.96. The van der Waals surface area contributed by atoms with Crippen molar-refractivity contribution in [3.05, 3.63) is 83.1 Å². The Labute approximate surface area is 176 Å². The van der Waals surface area contributed by atoms with Gasteiger partial charge in [0.15, 0.2) is 5.82 Å². The van der Waals surface area contributed by atoms with Gasteiger partial charge in [0.25, 0.3) is 15.6 Å². The topological polar surface area (TPSA) is 103 Å². The van der Waals surface area contributed by atoms with Crippen LogP contribution in [0, 0.1) is 5.82 Å². The highest BCUT2D eigenvalue weighted by Gasteiger charge is 2.19. The molecule has 0 bridgehead atoms. The number of halogens is 1. The first-order valence-electron chi connectivity index (χ1n) is 8.93. The van der Waals surface area contributed by atoms with Crippen LogP contribution in [0.4, 0.5) is 10.2 Å². The number of fused-ring (bicyclic) bond motifs is 1. The van der Waals surface area contributed by atoms with Crippen molar-refractivity contribution in [1.82, 2.24) is 9.72 Å². The Morgan fingerprint density at radius 2 is 2.00 bits per heavy atom. The van der Waals surface area contributed by atoms with E-state index < -0.39 is 21.4 Å². The molecule has 4 aromatic rings. The van der Waals surface area contributed by atoms with E-state index in [-0.39, 0.29) is 27.7 Å². The number of methoxy groups -OCH3 is 1. The molecule has 0 amide bonds. The zero-order valence-electron chi connectivity index (χ0n) is 16.2. The fraction of sp³-hybridized carbons (Fsp3) is 0.0476. The molecule has 0 fully saturated rings. The lowest BCUT2D eigenvalue weighted by Gasteiger charge is -2.15. The van der Waals surface area contributed by atoms with E-state index in [4.69, 9.17) is 4.74 Å². The number of hydrogen-bond donors (Lipinski definition) is 1. The van der Waals surface area contributed by atoms with Crippen LogP contribution >= 0.6 is 0 Å². The highest BCUT2D eigenvalue weighted by atomic mass is 32.2. The summed E-state index contributed by atoms with van der Waals surface area (Å²) < 4.78 is 53.2. The average molecular weight is 441 g/mol. The standard InChI is InChI=1S/C21H16FN3O5S/c1-3-13-11-19(29-2)18(12-16(13)22)25-17-6-5-15(10-14(17)4-7-21(25)26)31(27,28)24-20-8-9-30-23-20/h3-12H,1H2,2H3,(H,23,24). The van der Waals surface area contributed by atoms with Gasteiger partial charge in [0.2, 0.25) is 0 Å². The summed E-state index contributed by atoms with van der Waals surface area (Å²) in [5.41, 5.74) is 0.337.